The van der Waals surface area contributed by atoms with E-state index in [-0.39, 0.29) is 6.10 Å². The third-order valence-corrected chi connectivity index (χ3v) is 5.42. The lowest BCUT2D eigenvalue weighted by molar-refractivity contribution is -0.00277. The summed E-state index contributed by atoms with van der Waals surface area (Å²) < 4.78 is 32.7. The maximum Gasteiger partial charge on any atom is 0.243 e. The summed E-state index contributed by atoms with van der Waals surface area (Å²) in [4.78, 5) is 0.336. The molecule has 0 amide bonds. The number of hydrogen-bond donors (Lipinski definition) is 0. The molecule has 100 valence electrons. The number of nitrogens with zero attached hydrogens (tertiary/aromatic N) is 1. The Morgan fingerprint density at radius 2 is 2.06 bits per heavy atom. The molecule has 0 aromatic heterocycles. The summed E-state index contributed by atoms with van der Waals surface area (Å²) in [6, 6.07) is 6.72. The van der Waals surface area contributed by atoms with Gasteiger partial charge in [-0.3, -0.25) is 0 Å². The summed E-state index contributed by atoms with van der Waals surface area (Å²) in [7, 11) is -3.39. The number of hydrogen-bond acceptors (Lipinski definition) is 3. The Kier molecular flexibility index (Phi) is 4.42. The zero-order valence-corrected chi connectivity index (χ0v) is 12.6. The van der Waals surface area contributed by atoms with Gasteiger partial charge in [-0.15, -0.1) is 0 Å². The molecule has 1 unspecified atom stereocenters. The van der Waals surface area contributed by atoms with E-state index in [2.05, 4.69) is 15.9 Å². The van der Waals surface area contributed by atoms with Crippen LogP contribution in [0.2, 0.25) is 0 Å². The van der Waals surface area contributed by atoms with Crippen LogP contribution in [0.3, 0.4) is 0 Å². The number of ether oxygens (including phenoxy) is 1. The van der Waals surface area contributed by atoms with Crippen molar-refractivity contribution in [1.82, 2.24) is 4.31 Å². The SMILES string of the molecule is CCC1CN(S(=O)(=O)c2ccc(Br)cc2)CCO1. The fraction of sp³-hybridized carbons (Fsp3) is 0.500. The van der Waals surface area contributed by atoms with Crippen molar-refractivity contribution >= 4 is 26.0 Å². The first-order valence-electron chi connectivity index (χ1n) is 5.91. The molecule has 0 saturated carbocycles. The maximum atomic E-state index is 12.4. The van der Waals surface area contributed by atoms with Crippen molar-refractivity contribution in [2.45, 2.75) is 24.3 Å². The maximum absolute atomic E-state index is 12.4. The molecule has 1 fully saturated rings. The first kappa shape index (κ1) is 14.0. The molecular formula is C12H16BrNO3S. The lowest BCUT2D eigenvalue weighted by atomic mass is 10.2. The monoisotopic (exact) mass is 333 g/mol. The van der Waals surface area contributed by atoms with E-state index in [1.807, 2.05) is 6.92 Å². The summed E-state index contributed by atoms with van der Waals surface area (Å²) in [5.74, 6) is 0. The number of halogens is 1. The van der Waals surface area contributed by atoms with E-state index in [1.54, 1.807) is 24.3 Å². The third kappa shape index (κ3) is 2.93. The van der Waals surface area contributed by atoms with Crippen LogP contribution < -0.4 is 0 Å². The highest BCUT2D eigenvalue weighted by atomic mass is 79.9. The quantitative estimate of drug-likeness (QED) is 0.852. The normalized spacial score (nSPS) is 22.0. The van der Waals surface area contributed by atoms with Crippen LogP contribution in [0.1, 0.15) is 13.3 Å². The Morgan fingerprint density at radius 1 is 1.39 bits per heavy atom. The van der Waals surface area contributed by atoms with Gasteiger partial charge in [0.2, 0.25) is 10.0 Å². The van der Waals surface area contributed by atoms with Crippen LogP contribution in [-0.4, -0.2) is 38.5 Å². The van der Waals surface area contributed by atoms with E-state index in [4.69, 9.17) is 4.74 Å². The molecule has 0 radical (unpaired) electrons. The molecule has 0 spiro atoms. The molecule has 0 aliphatic carbocycles. The first-order chi connectivity index (χ1) is 8.54. The van der Waals surface area contributed by atoms with Crippen LogP contribution in [0, 0.1) is 0 Å². The van der Waals surface area contributed by atoms with Gasteiger partial charge in [-0.1, -0.05) is 22.9 Å². The van der Waals surface area contributed by atoms with Crippen molar-refractivity contribution in [3.05, 3.63) is 28.7 Å². The number of morpholine rings is 1. The molecule has 0 bridgehead atoms. The molecule has 18 heavy (non-hydrogen) atoms. The van der Waals surface area contributed by atoms with E-state index in [0.29, 0.717) is 24.6 Å². The highest BCUT2D eigenvalue weighted by Crippen LogP contribution is 2.21. The largest absolute Gasteiger partial charge is 0.375 e. The second-order valence-electron chi connectivity index (χ2n) is 4.22. The zero-order valence-electron chi connectivity index (χ0n) is 10.2. The van der Waals surface area contributed by atoms with Crippen molar-refractivity contribution in [1.29, 1.82) is 0 Å². The molecule has 2 rings (SSSR count). The minimum Gasteiger partial charge on any atom is -0.375 e. The van der Waals surface area contributed by atoms with Gasteiger partial charge in [0, 0.05) is 17.6 Å². The Balaban J connectivity index is 2.22. The Labute approximate surface area is 116 Å². The average Bonchev–Trinajstić information content (AvgIpc) is 2.39. The molecule has 1 saturated heterocycles. The van der Waals surface area contributed by atoms with Crippen LogP contribution in [-0.2, 0) is 14.8 Å². The second kappa shape index (κ2) is 5.69. The molecular weight excluding hydrogens is 318 g/mol. The molecule has 1 aromatic rings. The van der Waals surface area contributed by atoms with Crippen LogP contribution in [0.15, 0.2) is 33.6 Å². The number of benzene rings is 1. The zero-order chi connectivity index (χ0) is 13.2. The molecule has 0 N–H and O–H groups in total. The Hall–Kier alpha value is -0.430. The van der Waals surface area contributed by atoms with Gasteiger partial charge in [0.25, 0.3) is 0 Å². The minimum atomic E-state index is -3.39. The second-order valence-corrected chi connectivity index (χ2v) is 7.07. The highest BCUT2D eigenvalue weighted by Gasteiger charge is 2.29. The minimum absolute atomic E-state index is 0.00368. The van der Waals surface area contributed by atoms with Gasteiger partial charge in [-0.25, -0.2) is 8.42 Å². The molecule has 6 heteroatoms. The molecule has 4 nitrogen and oxygen atoms in total. The van der Waals surface area contributed by atoms with E-state index in [0.717, 1.165) is 10.9 Å². The topological polar surface area (TPSA) is 46.6 Å². The lowest BCUT2D eigenvalue weighted by Gasteiger charge is -2.31. The van der Waals surface area contributed by atoms with Crippen molar-refractivity contribution < 1.29 is 13.2 Å². The molecule has 1 atom stereocenters. The average molecular weight is 334 g/mol. The van der Waals surface area contributed by atoms with E-state index in [1.165, 1.54) is 4.31 Å². The van der Waals surface area contributed by atoms with Crippen molar-refractivity contribution in [3.63, 3.8) is 0 Å². The van der Waals surface area contributed by atoms with Gasteiger partial charge >= 0.3 is 0 Å². The molecule has 1 aliphatic rings. The first-order valence-corrected chi connectivity index (χ1v) is 8.14. The highest BCUT2D eigenvalue weighted by molar-refractivity contribution is 9.10. The van der Waals surface area contributed by atoms with E-state index >= 15 is 0 Å². The lowest BCUT2D eigenvalue weighted by Crippen LogP contribution is -2.45. The van der Waals surface area contributed by atoms with Crippen LogP contribution in [0.25, 0.3) is 0 Å². The van der Waals surface area contributed by atoms with Crippen molar-refractivity contribution in [2.75, 3.05) is 19.7 Å². The van der Waals surface area contributed by atoms with Gasteiger partial charge in [-0.05, 0) is 30.7 Å². The van der Waals surface area contributed by atoms with E-state index < -0.39 is 10.0 Å². The summed E-state index contributed by atoms with van der Waals surface area (Å²) in [6.07, 6.45) is 0.829. The molecule has 1 aromatic carbocycles. The molecule has 1 heterocycles. The van der Waals surface area contributed by atoms with Gasteiger partial charge in [0.05, 0.1) is 17.6 Å². The summed E-state index contributed by atoms with van der Waals surface area (Å²) >= 11 is 3.30. The van der Waals surface area contributed by atoms with Gasteiger partial charge < -0.3 is 4.74 Å². The standard InChI is InChI=1S/C12H16BrNO3S/c1-2-11-9-14(7-8-17-11)18(15,16)12-5-3-10(13)4-6-12/h3-6,11H,2,7-9H2,1H3. The molecule has 1 aliphatic heterocycles. The van der Waals surface area contributed by atoms with Crippen LogP contribution >= 0.6 is 15.9 Å². The van der Waals surface area contributed by atoms with Gasteiger partial charge in [-0.2, -0.15) is 4.31 Å². The number of sulfonamides is 1. The van der Waals surface area contributed by atoms with Crippen LogP contribution in [0.4, 0.5) is 0 Å². The summed E-state index contributed by atoms with van der Waals surface area (Å²) in [5, 5.41) is 0. The smallest absolute Gasteiger partial charge is 0.243 e. The van der Waals surface area contributed by atoms with Crippen molar-refractivity contribution in [2.24, 2.45) is 0 Å². The fourth-order valence-corrected chi connectivity index (χ4v) is 3.63. The van der Waals surface area contributed by atoms with Crippen molar-refractivity contribution in [3.8, 4) is 0 Å². The Morgan fingerprint density at radius 3 is 2.67 bits per heavy atom. The summed E-state index contributed by atoms with van der Waals surface area (Å²) in [6.45, 7) is 3.33. The van der Waals surface area contributed by atoms with Gasteiger partial charge in [0.1, 0.15) is 0 Å². The predicted octanol–water partition coefficient (Wildman–Crippen LogP) is 2.25. The van der Waals surface area contributed by atoms with Gasteiger partial charge in [0.15, 0.2) is 0 Å². The van der Waals surface area contributed by atoms with Crippen LogP contribution in [0.5, 0.6) is 0 Å². The third-order valence-electron chi connectivity index (χ3n) is 3.01. The Bertz CT molecular complexity index is 501. The predicted molar refractivity (Wildman–Crippen MR) is 72.9 cm³/mol. The fourth-order valence-electron chi connectivity index (χ4n) is 1.91. The number of rotatable bonds is 3. The van der Waals surface area contributed by atoms with E-state index in [9.17, 15) is 8.42 Å². The summed E-state index contributed by atoms with van der Waals surface area (Å²) in [5.41, 5.74) is 0.